The first-order valence-electron chi connectivity index (χ1n) is 7.37. The van der Waals surface area contributed by atoms with Crippen molar-refractivity contribution < 1.29 is 5.11 Å². The lowest BCUT2D eigenvalue weighted by Gasteiger charge is -2.10. The maximum atomic E-state index is 9.86. The molecule has 1 aromatic carbocycles. The van der Waals surface area contributed by atoms with Crippen molar-refractivity contribution in [1.29, 1.82) is 0 Å². The van der Waals surface area contributed by atoms with Crippen molar-refractivity contribution >= 4 is 11.0 Å². The third-order valence-electron chi connectivity index (χ3n) is 3.54. The van der Waals surface area contributed by atoms with Gasteiger partial charge in [-0.3, -0.25) is 0 Å². The van der Waals surface area contributed by atoms with E-state index in [4.69, 9.17) is 0 Å². The SMILES string of the molecule is CCCCCCCn1c([C@H](C)O)nc2ccccc21. The van der Waals surface area contributed by atoms with Gasteiger partial charge >= 0.3 is 0 Å². The number of unbranched alkanes of at least 4 members (excludes halogenated alkanes) is 4. The summed E-state index contributed by atoms with van der Waals surface area (Å²) in [5, 5.41) is 9.86. The molecule has 0 unspecified atom stereocenters. The molecular weight excluding hydrogens is 236 g/mol. The molecule has 0 aliphatic carbocycles. The van der Waals surface area contributed by atoms with Crippen molar-refractivity contribution in [3.63, 3.8) is 0 Å². The van der Waals surface area contributed by atoms with Crippen LogP contribution in [0.25, 0.3) is 11.0 Å². The van der Waals surface area contributed by atoms with Gasteiger partial charge < -0.3 is 9.67 Å². The number of nitrogens with zero attached hydrogens (tertiary/aromatic N) is 2. The van der Waals surface area contributed by atoms with Gasteiger partial charge in [0.1, 0.15) is 11.9 Å². The lowest BCUT2D eigenvalue weighted by atomic mass is 10.1. The van der Waals surface area contributed by atoms with Gasteiger partial charge in [0.05, 0.1) is 11.0 Å². The molecule has 2 aromatic rings. The molecule has 0 saturated heterocycles. The van der Waals surface area contributed by atoms with Gasteiger partial charge in [-0.05, 0) is 25.5 Å². The van der Waals surface area contributed by atoms with Crippen LogP contribution in [0.1, 0.15) is 57.9 Å². The van der Waals surface area contributed by atoms with Crippen LogP contribution in [0.4, 0.5) is 0 Å². The largest absolute Gasteiger partial charge is 0.385 e. The fourth-order valence-electron chi connectivity index (χ4n) is 2.52. The van der Waals surface area contributed by atoms with E-state index in [1.807, 2.05) is 18.2 Å². The molecule has 0 aliphatic heterocycles. The van der Waals surface area contributed by atoms with E-state index in [0.717, 1.165) is 29.8 Å². The Morgan fingerprint density at radius 3 is 2.63 bits per heavy atom. The number of imidazole rings is 1. The molecule has 0 bridgehead atoms. The highest BCUT2D eigenvalue weighted by molar-refractivity contribution is 5.75. The predicted octanol–water partition coefficient (Wildman–Crippen LogP) is 4.06. The van der Waals surface area contributed by atoms with Gasteiger partial charge in [-0.15, -0.1) is 0 Å². The lowest BCUT2D eigenvalue weighted by molar-refractivity contribution is 0.184. The van der Waals surface area contributed by atoms with Crippen molar-refractivity contribution in [2.45, 2.75) is 58.6 Å². The van der Waals surface area contributed by atoms with E-state index >= 15 is 0 Å². The Kier molecular flexibility index (Phi) is 4.97. The molecule has 1 aromatic heterocycles. The number of fused-ring (bicyclic) bond motifs is 1. The highest BCUT2D eigenvalue weighted by atomic mass is 16.3. The molecule has 3 heteroatoms. The number of para-hydroxylation sites is 2. The first-order valence-corrected chi connectivity index (χ1v) is 7.37. The molecule has 0 radical (unpaired) electrons. The van der Waals surface area contributed by atoms with Gasteiger partial charge in [-0.25, -0.2) is 4.98 Å². The summed E-state index contributed by atoms with van der Waals surface area (Å²) in [6, 6.07) is 8.12. The molecule has 19 heavy (non-hydrogen) atoms. The number of aromatic nitrogens is 2. The van der Waals surface area contributed by atoms with Gasteiger partial charge in [-0.1, -0.05) is 44.7 Å². The van der Waals surface area contributed by atoms with Crippen molar-refractivity contribution in [3.8, 4) is 0 Å². The van der Waals surface area contributed by atoms with E-state index in [-0.39, 0.29) is 0 Å². The summed E-state index contributed by atoms with van der Waals surface area (Å²) in [7, 11) is 0. The first kappa shape index (κ1) is 14.1. The molecule has 1 heterocycles. The first-order chi connectivity index (χ1) is 9.24. The van der Waals surface area contributed by atoms with Crippen LogP contribution < -0.4 is 0 Å². The standard InChI is InChI=1S/C16H24N2O/c1-3-4-5-6-9-12-18-15-11-8-7-10-14(15)17-16(18)13(2)19/h7-8,10-11,13,19H,3-6,9,12H2,1-2H3/t13-/m0/s1. The molecule has 3 nitrogen and oxygen atoms in total. The predicted molar refractivity (Wildman–Crippen MR) is 79.1 cm³/mol. The van der Waals surface area contributed by atoms with Crippen LogP contribution in [0.2, 0.25) is 0 Å². The number of hydrogen-bond donors (Lipinski definition) is 1. The zero-order valence-electron chi connectivity index (χ0n) is 12.0. The van der Waals surface area contributed by atoms with E-state index in [1.165, 1.54) is 25.7 Å². The summed E-state index contributed by atoms with van der Waals surface area (Å²) in [6.45, 7) is 4.97. The number of aliphatic hydroxyl groups is 1. The van der Waals surface area contributed by atoms with Crippen molar-refractivity contribution in [3.05, 3.63) is 30.1 Å². The van der Waals surface area contributed by atoms with Crippen molar-refractivity contribution in [2.75, 3.05) is 0 Å². The summed E-state index contributed by atoms with van der Waals surface area (Å²) in [6.07, 6.45) is 5.77. The van der Waals surface area contributed by atoms with E-state index < -0.39 is 6.10 Å². The van der Waals surface area contributed by atoms with Crippen LogP contribution in [0.3, 0.4) is 0 Å². The Balaban J connectivity index is 2.13. The molecule has 0 saturated carbocycles. The number of aliphatic hydroxyl groups excluding tert-OH is 1. The average Bonchev–Trinajstić information content (AvgIpc) is 2.78. The number of hydrogen-bond acceptors (Lipinski definition) is 2. The highest BCUT2D eigenvalue weighted by Crippen LogP contribution is 2.21. The monoisotopic (exact) mass is 260 g/mol. The smallest absolute Gasteiger partial charge is 0.138 e. The Hall–Kier alpha value is -1.35. The minimum Gasteiger partial charge on any atom is -0.385 e. The molecular formula is C16H24N2O. The summed E-state index contributed by atoms with van der Waals surface area (Å²) in [5.41, 5.74) is 2.11. The topological polar surface area (TPSA) is 38.0 Å². The number of rotatable bonds is 7. The fourth-order valence-corrected chi connectivity index (χ4v) is 2.52. The zero-order valence-corrected chi connectivity index (χ0v) is 12.0. The average molecular weight is 260 g/mol. The second-order valence-corrected chi connectivity index (χ2v) is 5.20. The van der Waals surface area contributed by atoms with E-state index in [1.54, 1.807) is 6.92 Å². The molecule has 0 fully saturated rings. The Labute approximate surface area is 115 Å². The van der Waals surface area contributed by atoms with Crippen LogP contribution in [0.15, 0.2) is 24.3 Å². The molecule has 104 valence electrons. The number of aryl methyl sites for hydroxylation is 1. The number of benzene rings is 1. The van der Waals surface area contributed by atoms with Crippen LogP contribution in [-0.2, 0) is 6.54 Å². The zero-order chi connectivity index (χ0) is 13.7. The fraction of sp³-hybridized carbons (Fsp3) is 0.562. The van der Waals surface area contributed by atoms with E-state index in [9.17, 15) is 5.11 Å². The van der Waals surface area contributed by atoms with Gasteiger partial charge in [0, 0.05) is 6.54 Å². The summed E-state index contributed by atoms with van der Waals surface area (Å²) in [4.78, 5) is 4.54. The molecule has 1 N–H and O–H groups in total. The van der Waals surface area contributed by atoms with Gasteiger partial charge in [0.2, 0.25) is 0 Å². The van der Waals surface area contributed by atoms with Gasteiger partial charge in [-0.2, -0.15) is 0 Å². The van der Waals surface area contributed by atoms with Gasteiger partial charge in [0.15, 0.2) is 0 Å². The summed E-state index contributed by atoms with van der Waals surface area (Å²) < 4.78 is 2.17. The Morgan fingerprint density at radius 1 is 1.16 bits per heavy atom. The van der Waals surface area contributed by atoms with Crippen LogP contribution in [0, 0.1) is 0 Å². The molecule has 0 aliphatic rings. The lowest BCUT2D eigenvalue weighted by Crippen LogP contribution is -2.07. The van der Waals surface area contributed by atoms with E-state index in [0.29, 0.717) is 0 Å². The van der Waals surface area contributed by atoms with Crippen molar-refractivity contribution in [1.82, 2.24) is 9.55 Å². The third-order valence-corrected chi connectivity index (χ3v) is 3.54. The summed E-state index contributed by atoms with van der Waals surface area (Å²) in [5.74, 6) is 0.789. The second-order valence-electron chi connectivity index (χ2n) is 5.20. The maximum Gasteiger partial charge on any atom is 0.138 e. The van der Waals surface area contributed by atoms with E-state index in [2.05, 4.69) is 22.5 Å². The third kappa shape index (κ3) is 3.35. The van der Waals surface area contributed by atoms with Crippen molar-refractivity contribution in [2.24, 2.45) is 0 Å². The normalized spacial score (nSPS) is 13.0. The van der Waals surface area contributed by atoms with Crippen LogP contribution >= 0.6 is 0 Å². The van der Waals surface area contributed by atoms with Gasteiger partial charge in [0.25, 0.3) is 0 Å². The molecule has 2 rings (SSSR count). The quantitative estimate of drug-likeness (QED) is 0.762. The maximum absolute atomic E-state index is 9.86. The minimum atomic E-state index is -0.511. The molecule has 0 amide bonds. The summed E-state index contributed by atoms with van der Waals surface area (Å²) >= 11 is 0. The minimum absolute atomic E-state index is 0.511. The highest BCUT2D eigenvalue weighted by Gasteiger charge is 2.13. The molecule has 1 atom stereocenters. The Morgan fingerprint density at radius 2 is 1.89 bits per heavy atom. The van der Waals surface area contributed by atoms with Crippen LogP contribution in [-0.4, -0.2) is 14.7 Å². The second kappa shape index (κ2) is 6.71. The molecule has 0 spiro atoms. The Bertz CT molecular complexity index is 516. The van der Waals surface area contributed by atoms with Crippen LogP contribution in [0.5, 0.6) is 0 Å².